The van der Waals surface area contributed by atoms with E-state index in [1.54, 1.807) is 0 Å². The highest BCUT2D eigenvalue weighted by atomic mass is 79.9. The third kappa shape index (κ3) is 4.71. The van der Waals surface area contributed by atoms with E-state index >= 15 is 0 Å². The van der Waals surface area contributed by atoms with Crippen molar-refractivity contribution in [2.45, 2.75) is 32.3 Å². The summed E-state index contributed by atoms with van der Waals surface area (Å²) in [5.41, 5.74) is 1.26. The molecule has 1 aromatic carbocycles. The van der Waals surface area contributed by atoms with Gasteiger partial charge in [-0.3, -0.25) is 0 Å². The van der Waals surface area contributed by atoms with Gasteiger partial charge in [-0.2, -0.15) is 0 Å². The summed E-state index contributed by atoms with van der Waals surface area (Å²) in [6.07, 6.45) is 4.02. The lowest BCUT2D eigenvalue weighted by Crippen LogP contribution is -2.24. The van der Waals surface area contributed by atoms with Crippen LogP contribution in [0, 0.1) is 5.92 Å². The lowest BCUT2D eigenvalue weighted by Gasteiger charge is -2.19. The molecule has 18 heavy (non-hydrogen) atoms. The van der Waals surface area contributed by atoms with Crippen molar-refractivity contribution in [3.63, 3.8) is 0 Å². The van der Waals surface area contributed by atoms with Crippen molar-refractivity contribution in [1.82, 2.24) is 5.32 Å². The number of benzene rings is 1. The van der Waals surface area contributed by atoms with Crippen LogP contribution in [0.25, 0.3) is 0 Å². The van der Waals surface area contributed by atoms with Crippen LogP contribution in [-0.4, -0.2) is 19.7 Å². The van der Waals surface area contributed by atoms with E-state index in [0.29, 0.717) is 0 Å². The molecule has 1 unspecified atom stereocenters. The molecule has 0 bridgehead atoms. The Bertz CT molecular complexity index is 365. The molecule has 0 saturated heterocycles. The van der Waals surface area contributed by atoms with Gasteiger partial charge < -0.3 is 10.1 Å². The van der Waals surface area contributed by atoms with Crippen LogP contribution in [0.4, 0.5) is 0 Å². The van der Waals surface area contributed by atoms with E-state index in [1.807, 2.05) is 0 Å². The number of rotatable bonds is 8. The van der Waals surface area contributed by atoms with E-state index < -0.39 is 0 Å². The van der Waals surface area contributed by atoms with Crippen molar-refractivity contribution < 1.29 is 4.74 Å². The van der Waals surface area contributed by atoms with Crippen LogP contribution < -0.4 is 5.32 Å². The normalized spacial score (nSPS) is 16.8. The molecule has 1 aliphatic carbocycles. The van der Waals surface area contributed by atoms with E-state index in [2.05, 4.69) is 52.4 Å². The van der Waals surface area contributed by atoms with E-state index in [0.717, 1.165) is 36.5 Å². The van der Waals surface area contributed by atoms with Crippen molar-refractivity contribution in [1.29, 1.82) is 0 Å². The monoisotopic (exact) mass is 311 g/mol. The fourth-order valence-corrected chi connectivity index (χ4v) is 2.34. The standard InChI is InChI=1S/C15H22BrNO/c1-2-8-17-10-15(18-11-12-6-7-12)13-4-3-5-14(16)9-13/h3-5,9,12,15,17H,2,6-8,10-11H2,1H3. The van der Waals surface area contributed by atoms with E-state index in [9.17, 15) is 0 Å². The number of hydrogen-bond donors (Lipinski definition) is 1. The van der Waals surface area contributed by atoms with Gasteiger partial charge in [0.25, 0.3) is 0 Å². The van der Waals surface area contributed by atoms with E-state index in [4.69, 9.17) is 4.74 Å². The lowest BCUT2D eigenvalue weighted by atomic mass is 10.1. The zero-order valence-corrected chi connectivity index (χ0v) is 12.6. The van der Waals surface area contributed by atoms with Crippen LogP contribution in [0.15, 0.2) is 28.7 Å². The second-order valence-electron chi connectivity index (χ2n) is 5.02. The van der Waals surface area contributed by atoms with Gasteiger partial charge in [0, 0.05) is 11.0 Å². The second-order valence-corrected chi connectivity index (χ2v) is 5.94. The van der Waals surface area contributed by atoms with Crippen molar-refractivity contribution >= 4 is 15.9 Å². The number of ether oxygens (including phenoxy) is 1. The lowest BCUT2D eigenvalue weighted by molar-refractivity contribution is 0.0453. The molecule has 3 heteroatoms. The molecular weight excluding hydrogens is 290 g/mol. The quantitative estimate of drug-likeness (QED) is 0.735. The third-order valence-corrected chi connectivity index (χ3v) is 3.70. The van der Waals surface area contributed by atoms with Crippen LogP contribution in [0.5, 0.6) is 0 Å². The molecular formula is C15H22BrNO. The fraction of sp³-hybridized carbons (Fsp3) is 0.600. The number of halogens is 1. The molecule has 0 heterocycles. The maximum atomic E-state index is 6.07. The highest BCUT2D eigenvalue weighted by Gasteiger charge is 2.23. The van der Waals surface area contributed by atoms with Crippen LogP contribution in [-0.2, 0) is 4.74 Å². The molecule has 1 N–H and O–H groups in total. The van der Waals surface area contributed by atoms with Crippen molar-refractivity contribution in [3.05, 3.63) is 34.3 Å². The largest absolute Gasteiger partial charge is 0.372 e. The first-order chi connectivity index (χ1) is 8.79. The third-order valence-electron chi connectivity index (χ3n) is 3.21. The van der Waals surface area contributed by atoms with Gasteiger partial charge in [-0.25, -0.2) is 0 Å². The van der Waals surface area contributed by atoms with Crippen LogP contribution in [0.2, 0.25) is 0 Å². The smallest absolute Gasteiger partial charge is 0.0949 e. The van der Waals surface area contributed by atoms with Gasteiger partial charge in [0.2, 0.25) is 0 Å². The van der Waals surface area contributed by atoms with Gasteiger partial charge in [0.1, 0.15) is 0 Å². The molecule has 1 aliphatic rings. The summed E-state index contributed by atoms with van der Waals surface area (Å²) in [6, 6.07) is 8.44. The SMILES string of the molecule is CCCNCC(OCC1CC1)c1cccc(Br)c1. The molecule has 1 saturated carbocycles. The van der Waals surface area contributed by atoms with Gasteiger partial charge in [-0.1, -0.05) is 35.0 Å². The molecule has 1 atom stereocenters. The summed E-state index contributed by atoms with van der Waals surface area (Å²) in [5, 5.41) is 3.46. The maximum Gasteiger partial charge on any atom is 0.0949 e. The minimum absolute atomic E-state index is 0.176. The summed E-state index contributed by atoms with van der Waals surface area (Å²) in [4.78, 5) is 0. The predicted octanol–water partition coefficient (Wildman–Crippen LogP) is 3.92. The van der Waals surface area contributed by atoms with Crippen molar-refractivity contribution in [2.24, 2.45) is 5.92 Å². The Morgan fingerprint density at radius 1 is 1.44 bits per heavy atom. The number of hydrogen-bond acceptors (Lipinski definition) is 2. The average molecular weight is 312 g/mol. The Labute approximate surface area is 118 Å². The van der Waals surface area contributed by atoms with Gasteiger partial charge in [-0.05, 0) is 49.4 Å². The zero-order valence-electron chi connectivity index (χ0n) is 11.0. The van der Waals surface area contributed by atoms with Gasteiger partial charge in [0.05, 0.1) is 12.7 Å². The highest BCUT2D eigenvalue weighted by Crippen LogP contribution is 2.31. The van der Waals surface area contributed by atoms with Gasteiger partial charge in [-0.15, -0.1) is 0 Å². The molecule has 0 amide bonds. The van der Waals surface area contributed by atoms with E-state index in [1.165, 1.54) is 18.4 Å². The Balaban J connectivity index is 1.92. The zero-order chi connectivity index (χ0) is 12.8. The predicted molar refractivity (Wildman–Crippen MR) is 78.7 cm³/mol. The highest BCUT2D eigenvalue weighted by molar-refractivity contribution is 9.10. The summed E-state index contributed by atoms with van der Waals surface area (Å²) >= 11 is 3.53. The first kappa shape index (κ1) is 14.0. The Kier molecular flexibility index (Phi) is 5.67. The fourth-order valence-electron chi connectivity index (χ4n) is 1.93. The summed E-state index contributed by atoms with van der Waals surface area (Å²) < 4.78 is 7.19. The number of nitrogens with one attached hydrogen (secondary N) is 1. The van der Waals surface area contributed by atoms with Crippen LogP contribution >= 0.6 is 15.9 Å². The minimum atomic E-state index is 0.176. The van der Waals surface area contributed by atoms with Gasteiger partial charge in [0.15, 0.2) is 0 Å². The van der Waals surface area contributed by atoms with E-state index in [-0.39, 0.29) is 6.10 Å². The molecule has 1 fully saturated rings. The Hall–Kier alpha value is -0.380. The molecule has 0 radical (unpaired) electrons. The molecule has 100 valence electrons. The Morgan fingerprint density at radius 3 is 2.94 bits per heavy atom. The maximum absolute atomic E-state index is 6.07. The molecule has 2 nitrogen and oxygen atoms in total. The molecule has 0 aliphatic heterocycles. The van der Waals surface area contributed by atoms with Gasteiger partial charge >= 0.3 is 0 Å². The summed E-state index contributed by atoms with van der Waals surface area (Å²) in [7, 11) is 0. The van der Waals surface area contributed by atoms with Crippen LogP contribution in [0.3, 0.4) is 0 Å². The molecule has 0 aromatic heterocycles. The van der Waals surface area contributed by atoms with Crippen LogP contribution in [0.1, 0.15) is 37.9 Å². The summed E-state index contributed by atoms with van der Waals surface area (Å²) in [6.45, 7) is 5.05. The average Bonchev–Trinajstić information content (AvgIpc) is 3.17. The molecule has 2 rings (SSSR count). The minimum Gasteiger partial charge on any atom is -0.372 e. The van der Waals surface area contributed by atoms with Crippen molar-refractivity contribution in [3.8, 4) is 0 Å². The summed E-state index contributed by atoms with van der Waals surface area (Å²) in [5.74, 6) is 0.811. The first-order valence-electron chi connectivity index (χ1n) is 6.87. The molecule has 1 aromatic rings. The second kappa shape index (κ2) is 7.27. The topological polar surface area (TPSA) is 21.3 Å². The Morgan fingerprint density at radius 2 is 2.28 bits per heavy atom. The van der Waals surface area contributed by atoms with Crippen molar-refractivity contribution in [2.75, 3.05) is 19.7 Å². The molecule has 0 spiro atoms. The first-order valence-corrected chi connectivity index (χ1v) is 7.66.